The molecular weight excluding hydrogens is 344 g/mol. The van der Waals surface area contributed by atoms with Gasteiger partial charge < -0.3 is 5.32 Å². The third-order valence-corrected chi connectivity index (χ3v) is 6.37. The molecule has 0 unspecified atom stereocenters. The first-order chi connectivity index (χ1) is 12.5. The Kier molecular flexibility index (Phi) is 6.01. The number of aromatic nitrogens is 3. The van der Waals surface area contributed by atoms with Crippen LogP contribution in [-0.2, 0) is 4.79 Å². The first-order valence-electron chi connectivity index (χ1n) is 9.37. The number of nitrogens with zero attached hydrogens (tertiary/aromatic N) is 3. The number of hydrogen-bond acceptors (Lipinski definition) is 4. The molecule has 0 spiro atoms. The van der Waals surface area contributed by atoms with Crippen LogP contribution in [0, 0.1) is 25.7 Å². The minimum atomic E-state index is 0.0809. The van der Waals surface area contributed by atoms with Crippen LogP contribution in [0.1, 0.15) is 44.5 Å². The minimum absolute atomic E-state index is 0.0809. The molecule has 0 bridgehead atoms. The Bertz CT molecular complexity index is 773. The van der Waals surface area contributed by atoms with Crippen molar-refractivity contribution in [1.29, 1.82) is 0 Å². The molecule has 1 N–H and O–H groups in total. The fraction of sp³-hybridized carbons (Fsp3) is 0.550. The zero-order valence-corrected chi connectivity index (χ0v) is 16.8. The second kappa shape index (κ2) is 8.25. The topological polar surface area (TPSA) is 59.8 Å². The van der Waals surface area contributed by atoms with Gasteiger partial charge in [0.25, 0.3) is 0 Å². The normalized spacial score (nSPS) is 23.0. The molecular formula is C20H28N4OS. The molecule has 3 atom stereocenters. The Morgan fingerprint density at radius 3 is 2.85 bits per heavy atom. The van der Waals surface area contributed by atoms with Crippen molar-refractivity contribution in [3.05, 3.63) is 35.7 Å². The van der Waals surface area contributed by atoms with Crippen LogP contribution >= 0.6 is 11.8 Å². The molecule has 1 heterocycles. The first kappa shape index (κ1) is 19.0. The molecule has 1 aliphatic carbocycles. The Labute approximate surface area is 160 Å². The summed E-state index contributed by atoms with van der Waals surface area (Å²) in [6, 6.07) is 8.53. The quantitative estimate of drug-likeness (QED) is 0.808. The average molecular weight is 373 g/mol. The van der Waals surface area contributed by atoms with Crippen molar-refractivity contribution in [3.63, 3.8) is 0 Å². The number of rotatable bonds is 5. The van der Waals surface area contributed by atoms with E-state index >= 15 is 0 Å². The third kappa shape index (κ3) is 4.29. The van der Waals surface area contributed by atoms with E-state index < -0.39 is 0 Å². The standard InChI is InChI=1S/C20H28N4OS/c1-13-7-5-9-17(11-13)24-16(4)22-23-20(24)26-12-19(25)21-18-10-6-8-14(2)15(18)3/h5,7,9,11,14-15,18H,6,8,10,12H2,1-4H3,(H,21,25)/t14-,15+,18+/m1/s1. The second-order valence-electron chi connectivity index (χ2n) is 7.43. The third-order valence-electron chi connectivity index (χ3n) is 5.44. The van der Waals surface area contributed by atoms with Crippen LogP contribution in [0.15, 0.2) is 29.4 Å². The largest absolute Gasteiger partial charge is 0.352 e. The maximum Gasteiger partial charge on any atom is 0.230 e. The predicted octanol–water partition coefficient (Wildman–Crippen LogP) is 3.92. The van der Waals surface area contributed by atoms with Crippen molar-refractivity contribution in [1.82, 2.24) is 20.1 Å². The molecule has 0 aliphatic heterocycles. The van der Waals surface area contributed by atoms with Gasteiger partial charge in [-0.05, 0) is 49.8 Å². The molecule has 1 saturated carbocycles. The summed E-state index contributed by atoms with van der Waals surface area (Å²) in [5, 5.41) is 12.4. The van der Waals surface area contributed by atoms with Gasteiger partial charge in [0.15, 0.2) is 5.16 Å². The predicted molar refractivity (Wildman–Crippen MR) is 106 cm³/mol. The molecule has 1 aromatic carbocycles. The fourth-order valence-electron chi connectivity index (χ4n) is 3.66. The van der Waals surface area contributed by atoms with Crippen LogP contribution in [0.3, 0.4) is 0 Å². The van der Waals surface area contributed by atoms with Gasteiger partial charge in [0.1, 0.15) is 5.82 Å². The van der Waals surface area contributed by atoms with Gasteiger partial charge >= 0.3 is 0 Å². The Hall–Kier alpha value is -1.82. The summed E-state index contributed by atoms with van der Waals surface area (Å²) >= 11 is 1.44. The second-order valence-corrected chi connectivity index (χ2v) is 8.38. The van der Waals surface area contributed by atoms with E-state index in [4.69, 9.17) is 0 Å². The van der Waals surface area contributed by atoms with Gasteiger partial charge in [-0.3, -0.25) is 9.36 Å². The number of benzene rings is 1. The van der Waals surface area contributed by atoms with E-state index in [1.54, 1.807) is 0 Å². The van der Waals surface area contributed by atoms with E-state index in [-0.39, 0.29) is 5.91 Å². The Balaban J connectivity index is 1.64. The lowest BCUT2D eigenvalue weighted by Crippen LogP contribution is -2.44. The van der Waals surface area contributed by atoms with E-state index in [9.17, 15) is 4.79 Å². The van der Waals surface area contributed by atoms with Crippen molar-refractivity contribution in [3.8, 4) is 5.69 Å². The van der Waals surface area contributed by atoms with E-state index in [2.05, 4.69) is 48.4 Å². The summed E-state index contributed by atoms with van der Waals surface area (Å²) in [5.74, 6) is 2.48. The smallest absolute Gasteiger partial charge is 0.230 e. The molecule has 140 valence electrons. The summed E-state index contributed by atoms with van der Waals surface area (Å²) in [7, 11) is 0. The Morgan fingerprint density at radius 2 is 2.08 bits per heavy atom. The molecule has 26 heavy (non-hydrogen) atoms. The van der Waals surface area contributed by atoms with Gasteiger partial charge in [-0.15, -0.1) is 10.2 Å². The summed E-state index contributed by atoms with van der Waals surface area (Å²) in [5.41, 5.74) is 2.22. The van der Waals surface area contributed by atoms with E-state index in [0.717, 1.165) is 23.1 Å². The minimum Gasteiger partial charge on any atom is -0.352 e. The maximum atomic E-state index is 12.5. The lowest BCUT2D eigenvalue weighted by Gasteiger charge is -2.34. The molecule has 2 aromatic rings. The lowest BCUT2D eigenvalue weighted by atomic mass is 9.78. The van der Waals surface area contributed by atoms with Gasteiger partial charge in [0.05, 0.1) is 5.75 Å². The SMILES string of the molecule is Cc1cccc(-n2c(C)nnc2SCC(=O)N[C@H]2CCC[C@@H](C)[C@@H]2C)c1. The average Bonchev–Trinajstić information content (AvgIpc) is 2.98. The van der Waals surface area contributed by atoms with E-state index in [1.807, 2.05) is 23.6 Å². The highest BCUT2D eigenvalue weighted by Gasteiger charge is 2.28. The molecule has 0 radical (unpaired) electrons. The molecule has 3 rings (SSSR count). The van der Waals surface area contributed by atoms with E-state index in [0.29, 0.717) is 23.6 Å². The Morgan fingerprint density at radius 1 is 1.27 bits per heavy atom. The number of nitrogens with one attached hydrogen (secondary N) is 1. The van der Waals surface area contributed by atoms with Crippen molar-refractivity contribution in [2.24, 2.45) is 11.8 Å². The van der Waals surface area contributed by atoms with Gasteiger partial charge in [-0.1, -0.05) is 50.6 Å². The van der Waals surface area contributed by atoms with Crippen molar-refractivity contribution in [2.45, 2.75) is 58.2 Å². The van der Waals surface area contributed by atoms with E-state index in [1.165, 1.54) is 30.2 Å². The lowest BCUT2D eigenvalue weighted by molar-refractivity contribution is -0.120. The molecule has 1 amide bonds. The van der Waals surface area contributed by atoms with Crippen molar-refractivity contribution in [2.75, 3.05) is 5.75 Å². The van der Waals surface area contributed by atoms with Crippen LogP contribution < -0.4 is 5.32 Å². The summed E-state index contributed by atoms with van der Waals surface area (Å²) in [6.07, 6.45) is 3.55. The number of carbonyl (C=O) groups is 1. The molecule has 1 fully saturated rings. The summed E-state index contributed by atoms with van der Waals surface area (Å²) < 4.78 is 2.01. The molecule has 1 aliphatic rings. The molecule has 1 aromatic heterocycles. The monoisotopic (exact) mass is 372 g/mol. The summed E-state index contributed by atoms with van der Waals surface area (Å²) in [4.78, 5) is 12.5. The van der Waals surface area contributed by atoms with Gasteiger partial charge in [0, 0.05) is 11.7 Å². The van der Waals surface area contributed by atoms with Crippen molar-refractivity contribution < 1.29 is 4.79 Å². The highest BCUT2D eigenvalue weighted by atomic mass is 32.2. The zero-order valence-electron chi connectivity index (χ0n) is 16.0. The number of carbonyl (C=O) groups excluding carboxylic acids is 1. The summed E-state index contributed by atoms with van der Waals surface area (Å²) in [6.45, 7) is 8.53. The van der Waals surface area contributed by atoms with Crippen LogP contribution in [0.5, 0.6) is 0 Å². The van der Waals surface area contributed by atoms with Crippen LogP contribution in [0.2, 0.25) is 0 Å². The zero-order chi connectivity index (χ0) is 18.7. The maximum absolute atomic E-state index is 12.5. The number of hydrogen-bond donors (Lipinski definition) is 1. The molecule has 0 saturated heterocycles. The highest BCUT2D eigenvalue weighted by molar-refractivity contribution is 7.99. The molecule has 6 heteroatoms. The van der Waals surface area contributed by atoms with Crippen LogP contribution in [-0.4, -0.2) is 32.5 Å². The van der Waals surface area contributed by atoms with Gasteiger partial charge in [-0.2, -0.15) is 0 Å². The van der Waals surface area contributed by atoms with Gasteiger partial charge in [-0.25, -0.2) is 0 Å². The number of aryl methyl sites for hydroxylation is 2. The van der Waals surface area contributed by atoms with Crippen molar-refractivity contribution >= 4 is 17.7 Å². The highest BCUT2D eigenvalue weighted by Crippen LogP contribution is 2.29. The van der Waals surface area contributed by atoms with Gasteiger partial charge in [0.2, 0.25) is 5.91 Å². The number of thioether (sulfide) groups is 1. The van der Waals surface area contributed by atoms with Crippen LogP contribution in [0.25, 0.3) is 5.69 Å². The molecule has 5 nitrogen and oxygen atoms in total. The van der Waals surface area contributed by atoms with Crippen LogP contribution in [0.4, 0.5) is 0 Å². The number of amides is 1. The fourth-order valence-corrected chi connectivity index (χ4v) is 4.47. The first-order valence-corrected chi connectivity index (χ1v) is 10.4.